The lowest BCUT2D eigenvalue weighted by atomic mass is 10.1. The molecular weight excluding hydrogens is 291 g/mol. The van der Waals surface area contributed by atoms with Gasteiger partial charge in [-0.3, -0.25) is 5.10 Å². The quantitative estimate of drug-likeness (QED) is 0.780. The first-order chi connectivity index (χ1) is 10.1. The highest BCUT2D eigenvalue weighted by molar-refractivity contribution is 6.30. The van der Waals surface area contributed by atoms with E-state index in [9.17, 15) is 4.39 Å². The van der Waals surface area contributed by atoms with Crippen LogP contribution in [0.25, 0.3) is 11.4 Å². The molecule has 106 valence electrons. The Balaban J connectivity index is 1.87. The van der Waals surface area contributed by atoms with Crippen LogP contribution in [-0.4, -0.2) is 15.2 Å². The van der Waals surface area contributed by atoms with Crippen molar-refractivity contribution in [1.82, 2.24) is 15.2 Å². The number of rotatable bonds is 3. The van der Waals surface area contributed by atoms with Crippen LogP contribution in [0.15, 0.2) is 48.5 Å². The number of nitrogens with zero attached hydrogens (tertiary/aromatic N) is 2. The predicted molar refractivity (Wildman–Crippen MR) is 79.3 cm³/mol. The molecule has 21 heavy (non-hydrogen) atoms. The molecule has 6 heteroatoms. The van der Waals surface area contributed by atoms with E-state index in [-0.39, 0.29) is 5.82 Å². The Labute approximate surface area is 125 Å². The van der Waals surface area contributed by atoms with Crippen molar-refractivity contribution < 1.29 is 4.39 Å². The minimum atomic E-state index is -0.427. The highest BCUT2D eigenvalue weighted by Crippen LogP contribution is 2.21. The Bertz CT molecular complexity index is 737. The Morgan fingerprint density at radius 3 is 2.38 bits per heavy atom. The zero-order valence-corrected chi connectivity index (χ0v) is 11.7. The van der Waals surface area contributed by atoms with Gasteiger partial charge in [0.1, 0.15) is 11.6 Å². The first-order valence-electron chi connectivity index (χ1n) is 6.33. The summed E-state index contributed by atoms with van der Waals surface area (Å²) in [4.78, 5) is 4.36. The van der Waals surface area contributed by atoms with Crippen molar-refractivity contribution in [3.63, 3.8) is 0 Å². The van der Waals surface area contributed by atoms with Crippen molar-refractivity contribution in [3.05, 3.63) is 70.8 Å². The maximum Gasteiger partial charge on any atom is 0.181 e. The van der Waals surface area contributed by atoms with Gasteiger partial charge in [-0.1, -0.05) is 23.7 Å². The molecular formula is C15H12ClFN4. The Morgan fingerprint density at radius 2 is 1.71 bits per heavy atom. The fourth-order valence-corrected chi connectivity index (χ4v) is 2.10. The van der Waals surface area contributed by atoms with Crippen molar-refractivity contribution in [3.8, 4) is 11.4 Å². The van der Waals surface area contributed by atoms with Crippen LogP contribution in [-0.2, 0) is 0 Å². The molecule has 3 aromatic rings. The molecule has 1 heterocycles. The fourth-order valence-electron chi connectivity index (χ4n) is 1.97. The molecule has 0 amide bonds. The number of aromatic nitrogens is 3. The summed E-state index contributed by atoms with van der Waals surface area (Å²) in [6.07, 6.45) is 0. The number of H-pyrrole nitrogens is 1. The summed E-state index contributed by atoms with van der Waals surface area (Å²) in [6.45, 7) is 0. The average Bonchev–Trinajstić information content (AvgIpc) is 2.98. The molecule has 0 aliphatic carbocycles. The molecule has 0 bridgehead atoms. The van der Waals surface area contributed by atoms with E-state index in [2.05, 4.69) is 15.2 Å². The van der Waals surface area contributed by atoms with Gasteiger partial charge in [0, 0.05) is 10.6 Å². The van der Waals surface area contributed by atoms with Gasteiger partial charge in [-0.05, 0) is 42.0 Å². The summed E-state index contributed by atoms with van der Waals surface area (Å²) < 4.78 is 12.9. The maximum atomic E-state index is 12.9. The normalized spacial score (nSPS) is 12.3. The van der Waals surface area contributed by atoms with E-state index in [4.69, 9.17) is 17.3 Å². The lowest BCUT2D eigenvalue weighted by Crippen LogP contribution is -2.13. The van der Waals surface area contributed by atoms with Crippen LogP contribution in [0.2, 0.25) is 5.02 Å². The van der Waals surface area contributed by atoms with Gasteiger partial charge in [0.25, 0.3) is 0 Å². The van der Waals surface area contributed by atoms with Gasteiger partial charge in [0.15, 0.2) is 5.82 Å². The van der Waals surface area contributed by atoms with Crippen molar-refractivity contribution in [2.45, 2.75) is 6.04 Å². The van der Waals surface area contributed by atoms with E-state index in [1.165, 1.54) is 12.1 Å². The second-order valence-electron chi connectivity index (χ2n) is 4.58. The minimum absolute atomic E-state index is 0.299. The molecule has 0 aliphatic rings. The molecule has 3 N–H and O–H groups in total. The number of benzene rings is 2. The second kappa shape index (κ2) is 5.63. The standard InChI is InChI=1S/C15H12ClFN4/c16-11-5-1-9(2-6-11)13(18)15-19-14(20-21-15)10-3-7-12(17)8-4-10/h1-8,13H,18H2,(H,19,20,21). The zero-order chi connectivity index (χ0) is 14.8. The third-order valence-electron chi connectivity index (χ3n) is 3.13. The molecule has 4 nitrogen and oxygen atoms in total. The highest BCUT2D eigenvalue weighted by atomic mass is 35.5. The van der Waals surface area contributed by atoms with Crippen LogP contribution in [0.5, 0.6) is 0 Å². The SMILES string of the molecule is NC(c1ccc(Cl)cc1)c1nc(-c2ccc(F)cc2)n[nH]1. The zero-order valence-electron chi connectivity index (χ0n) is 10.9. The van der Waals surface area contributed by atoms with Crippen molar-refractivity contribution in [2.75, 3.05) is 0 Å². The highest BCUT2D eigenvalue weighted by Gasteiger charge is 2.14. The first kappa shape index (κ1) is 13.7. The molecule has 3 rings (SSSR count). The summed E-state index contributed by atoms with van der Waals surface area (Å²) in [7, 11) is 0. The first-order valence-corrected chi connectivity index (χ1v) is 6.70. The predicted octanol–water partition coefficient (Wildman–Crippen LogP) is 3.31. The number of halogens is 2. The van der Waals surface area contributed by atoms with Gasteiger partial charge in [-0.2, -0.15) is 5.10 Å². The molecule has 0 spiro atoms. The largest absolute Gasteiger partial charge is 0.318 e. The number of hydrogen-bond acceptors (Lipinski definition) is 3. The van der Waals surface area contributed by atoms with E-state index >= 15 is 0 Å². The molecule has 2 aromatic carbocycles. The third-order valence-corrected chi connectivity index (χ3v) is 3.38. The van der Waals surface area contributed by atoms with Crippen molar-refractivity contribution >= 4 is 11.6 Å². The van der Waals surface area contributed by atoms with Crippen molar-refractivity contribution in [2.24, 2.45) is 5.73 Å². The lowest BCUT2D eigenvalue weighted by Gasteiger charge is -2.08. The summed E-state index contributed by atoms with van der Waals surface area (Å²) in [5.74, 6) is 0.721. The molecule has 1 atom stereocenters. The molecule has 0 fully saturated rings. The molecule has 1 aromatic heterocycles. The van der Waals surface area contributed by atoms with Gasteiger partial charge in [-0.15, -0.1) is 0 Å². The van der Waals surface area contributed by atoms with Crippen molar-refractivity contribution in [1.29, 1.82) is 0 Å². The van der Waals surface area contributed by atoms with Gasteiger partial charge >= 0.3 is 0 Å². The van der Waals surface area contributed by atoms with Gasteiger partial charge < -0.3 is 5.73 Å². The van der Waals surface area contributed by atoms with Gasteiger partial charge in [0.05, 0.1) is 6.04 Å². The van der Waals surface area contributed by atoms with E-state index in [0.29, 0.717) is 16.7 Å². The Hall–Kier alpha value is -2.24. The van der Waals surface area contributed by atoms with Crippen LogP contribution in [0, 0.1) is 5.82 Å². The van der Waals surface area contributed by atoms with Crippen LogP contribution in [0.1, 0.15) is 17.4 Å². The number of hydrogen-bond donors (Lipinski definition) is 2. The minimum Gasteiger partial charge on any atom is -0.318 e. The van der Waals surface area contributed by atoms with E-state index < -0.39 is 6.04 Å². The summed E-state index contributed by atoms with van der Waals surface area (Å²) in [6, 6.07) is 12.8. The third kappa shape index (κ3) is 2.94. The average molecular weight is 303 g/mol. The molecule has 0 radical (unpaired) electrons. The fraction of sp³-hybridized carbons (Fsp3) is 0.0667. The molecule has 0 aliphatic heterocycles. The van der Waals surface area contributed by atoms with Crippen LogP contribution < -0.4 is 5.73 Å². The monoisotopic (exact) mass is 302 g/mol. The van der Waals surface area contributed by atoms with Gasteiger partial charge in [-0.25, -0.2) is 9.37 Å². The van der Waals surface area contributed by atoms with E-state index in [0.717, 1.165) is 11.1 Å². The van der Waals surface area contributed by atoms with Crippen LogP contribution in [0.3, 0.4) is 0 Å². The lowest BCUT2D eigenvalue weighted by molar-refractivity contribution is 0.628. The molecule has 0 saturated carbocycles. The van der Waals surface area contributed by atoms with E-state index in [1.54, 1.807) is 24.3 Å². The number of aromatic amines is 1. The summed E-state index contributed by atoms with van der Waals surface area (Å²) >= 11 is 5.85. The van der Waals surface area contributed by atoms with Gasteiger partial charge in [0.2, 0.25) is 0 Å². The van der Waals surface area contributed by atoms with Crippen LogP contribution in [0.4, 0.5) is 4.39 Å². The summed E-state index contributed by atoms with van der Waals surface area (Å²) in [5.41, 5.74) is 7.75. The molecule has 1 unspecified atom stereocenters. The Kier molecular flexibility index (Phi) is 3.68. The Morgan fingerprint density at radius 1 is 1.05 bits per heavy atom. The van der Waals surface area contributed by atoms with Crippen LogP contribution >= 0.6 is 11.6 Å². The second-order valence-corrected chi connectivity index (χ2v) is 5.02. The number of nitrogens with one attached hydrogen (secondary N) is 1. The summed E-state index contributed by atoms with van der Waals surface area (Å²) in [5, 5.41) is 7.58. The maximum absolute atomic E-state index is 12.9. The molecule has 0 saturated heterocycles. The number of nitrogens with two attached hydrogens (primary N) is 1. The topological polar surface area (TPSA) is 67.6 Å². The van der Waals surface area contributed by atoms with E-state index in [1.807, 2.05) is 12.1 Å². The smallest absolute Gasteiger partial charge is 0.181 e.